The summed E-state index contributed by atoms with van der Waals surface area (Å²) in [6.07, 6.45) is 0.825. The number of likely N-dealkylation sites (tertiary alicyclic amines) is 1. The number of rotatable bonds is 6. The van der Waals surface area contributed by atoms with E-state index in [2.05, 4.69) is 10.3 Å². The zero-order valence-corrected chi connectivity index (χ0v) is 15.2. The van der Waals surface area contributed by atoms with E-state index in [0.29, 0.717) is 5.92 Å². The lowest BCUT2D eigenvalue weighted by atomic mass is 10.0. The molecule has 1 fully saturated rings. The first-order valence-corrected chi connectivity index (χ1v) is 9.06. The highest BCUT2D eigenvalue weighted by atomic mass is 32.1. The Labute approximate surface area is 146 Å². The number of hydrogen-bond acceptors (Lipinski definition) is 6. The summed E-state index contributed by atoms with van der Waals surface area (Å²) in [6.45, 7) is 4.67. The topological polar surface area (TPSA) is 54.8 Å². The highest BCUT2D eigenvalue weighted by Crippen LogP contribution is 2.35. The minimum absolute atomic E-state index is 0.232. The fourth-order valence-electron chi connectivity index (χ4n) is 3.11. The summed E-state index contributed by atoms with van der Waals surface area (Å²) in [4.78, 5) is 7.13. The van der Waals surface area contributed by atoms with Gasteiger partial charge >= 0.3 is 0 Å². The molecule has 1 N–H and O–H groups in total. The van der Waals surface area contributed by atoms with E-state index in [1.54, 1.807) is 25.6 Å². The molecule has 1 aromatic heterocycles. The molecule has 24 heavy (non-hydrogen) atoms. The number of benzene rings is 1. The van der Waals surface area contributed by atoms with Gasteiger partial charge in [-0.05, 0) is 37.9 Å². The van der Waals surface area contributed by atoms with Gasteiger partial charge in [0.15, 0.2) is 0 Å². The van der Waals surface area contributed by atoms with E-state index in [4.69, 9.17) is 14.5 Å². The number of thiazole rings is 1. The number of aromatic nitrogens is 1. The van der Waals surface area contributed by atoms with E-state index in [0.717, 1.165) is 53.8 Å². The minimum Gasteiger partial charge on any atom is -0.497 e. The van der Waals surface area contributed by atoms with Gasteiger partial charge in [-0.3, -0.25) is 4.90 Å². The van der Waals surface area contributed by atoms with Gasteiger partial charge in [0.2, 0.25) is 0 Å². The van der Waals surface area contributed by atoms with Gasteiger partial charge in [-0.25, -0.2) is 4.98 Å². The van der Waals surface area contributed by atoms with E-state index in [-0.39, 0.29) is 6.10 Å². The molecule has 1 aliphatic heterocycles. The van der Waals surface area contributed by atoms with Crippen LogP contribution in [-0.4, -0.2) is 48.4 Å². The summed E-state index contributed by atoms with van der Waals surface area (Å²) in [5.41, 5.74) is 2.05. The van der Waals surface area contributed by atoms with Gasteiger partial charge in [-0.1, -0.05) is 0 Å². The van der Waals surface area contributed by atoms with Gasteiger partial charge in [0, 0.05) is 24.5 Å². The molecule has 0 amide bonds. The van der Waals surface area contributed by atoms with Crippen molar-refractivity contribution in [3.63, 3.8) is 0 Å². The first-order valence-electron chi connectivity index (χ1n) is 8.18. The molecule has 0 aliphatic carbocycles. The summed E-state index contributed by atoms with van der Waals surface area (Å²) in [7, 11) is 3.31. The Morgan fingerprint density at radius 3 is 2.88 bits per heavy atom. The van der Waals surface area contributed by atoms with Crippen molar-refractivity contribution in [3.05, 3.63) is 29.3 Å². The number of aliphatic hydroxyl groups excluding tert-OH is 1. The Morgan fingerprint density at radius 1 is 1.38 bits per heavy atom. The molecule has 5 nitrogen and oxygen atoms in total. The second kappa shape index (κ2) is 7.51. The summed E-state index contributed by atoms with van der Waals surface area (Å²) < 4.78 is 10.7. The summed E-state index contributed by atoms with van der Waals surface area (Å²) >= 11 is 1.63. The molecule has 0 bridgehead atoms. The fourth-order valence-corrected chi connectivity index (χ4v) is 3.95. The molecule has 130 valence electrons. The lowest BCUT2D eigenvalue weighted by Gasteiger charge is -2.16. The Morgan fingerprint density at radius 2 is 2.21 bits per heavy atom. The van der Waals surface area contributed by atoms with Gasteiger partial charge < -0.3 is 14.6 Å². The van der Waals surface area contributed by atoms with Crippen molar-refractivity contribution in [2.75, 3.05) is 27.3 Å². The second-order valence-corrected chi connectivity index (χ2v) is 7.09. The molecule has 2 atom stereocenters. The van der Waals surface area contributed by atoms with Gasteiger partial charge in [0.25, 0.3) is 0 Å². The third kappa shape index (κ3) is 3.71. The van der Waals surface area contributed by atoms with Crippen molar-refractivity contribution < 1.29 is 14.6 Å². The molecule has 1 aromatic carbocycles. The molecule has 2 unspecified atom stereocenters. The molecule has 1 aliphatic rings. The molecule has 3 rings (SSSR count). The predicted molar refractivity (Wildman–Crippen MR) is 95.7 cm³/mol. The average molecular weight is 348 g/mol. The Bertz CT molecular complexity index is 687. The fraction of sp³-hybridized carbons (Fsp3) is 0.500. The molecular formula is C18H24N2O3S. The van der Waals surface area contributed by atoms with Crippen molar-refractivity contribution >= 4 is 11.3 Å². The largest absolute Gasteiger partial charge is 0.497 e. The lowest BCUT2D eigenvalue weighted by Crippen LogP contribution is -2.24. The maximum absolute atomic E-state index is 9.72. The highest BCUT2D eigenvalue weighted by Gasteiger charge is 2.26. The number of methoxy groups -OCH3 is 2. The van der Waals surface area contributed by atoms with Crippen LogP contribution in [0, 0.1) is 5.92 Å². The lowest BCUT2D eigenvalue weighted by molar-refractivity contribution is 0.127. The van der Waals surface area contributed by atoms with Gasteiger partial charge in [-0.15, -0.1) is 11.3 Å². The van der Waals surface area contributed by atoms with Crippen LogP contribution < -0.4 is 9.47 Å². The Kier molecular flexibility index (Phi) is 5.38. The van der Waals surface area contributed by atoms with Crippen molar-refractivity contribution in [2.24, 2.45) is 5.92 Å². The molecule has 0 saturated carbocycles. The van der Waals surface area contributed by atoms with Crippen LogP contribution in [-0.2, 0) is 6.54 Å². The molecule has 2 heterocycles. The van der Waals surface area contributed by atoms with Crippen LogP contribution in [0.25, 0.3) is 10.6 Å². The summed E-state index contributed by atoms with van der Waals surface area (Å²) in [6, 6.07) is 5.79. The van der Waals surface area contributed by atoms with E-state index in [9.17, 15) is 5.11 Å². The van der Waals surface area contributed by atoms with Crippen LogP contribution in [0.5, 0.6) is 11.5 Å². The van der Waals surface area contributed by atoms with Gasteiger partial charge in [0.1, 0.15) is 16.5 Å². The number of ether oxygens (including phenoxy) is 2. The smallest absolute Gasteiger partial charge is 0.132 e. The molecule has 2 aromatic rings. The average Bonchev–Trinajstić information content (AvgIpc) is 3.24. The van der Waals surface area contributed by atoms with Crippen LogP contribution in [0.2, 0.25) is 0 Å². The Balaban J connectivity index is 1.72. The van der Waals surface area contributed by atoms with E-state index in [1.807, 2.05) is 25.1 Å². The van der Waals surface area contributed by atoms with Crippen LogP contribution in [0.3, 0.4) is 0 Å². The number of aliphatic hydroxyl groups is 1. The van der Waals surface area contributed by atoms with Gasteiger partial charge in [0.05, 0.1) is 31.6 Å². The molecule has 0 spiro atoms. The SMILES string of the molecule is COc1ccc(-c2nc(CN3CCC(C(C)O)C3)cs2)c(OC)c1. The van der Waals surface area contributed by atoms with Crippen LogP contribution in [0.15, 0.2) is 23.6 Å². The number of nitrogens with zero attached hydrogens (tertiary/aromatic N) is 2. The summed E-state index contributed by atoms with van der Waals surface area (Å²) in [5.74, 6) is 1.92. The predicted octanol–water partition coefficient (Wildman–Crippen LogP) is 3.03. The maximum atomic E-state index is 9.72. The van der Waals surface area contributed by atoms with Crippen molar-refractivity contribution in [1.82, 2.24) is 9.88 Å². The highest BCUT2D eigenvalue weighted by molar-refractivity contribution is 7.13. The van der Waals surface area contributed by atoms with Crippen LogP contribution in [0.1, 0.15) is 19.0 Å². The monoisotopic (exact) mass is 348 g/mol. The second-order valence-electron chi connectivity index (χ2n) is 6.23. The third-order valence-electron chi connectivity index (χ3n) is 4.57. The minimum atomic E-state index is -0.232. The molecule has 1 saturated heterocycles. The van der Waals surface area contributed by atoms with E-state index >= 15 is 0 Å². The van der Waals surface area contributed by atoms with Crippen molar-refractivity contribution in [2.45, 2.75) is 26.0 Å². The van der Waals surface area contributed by atoms with Crippen molar-refractivity contribution in [3.8, 4) is 22.1 Å². The van der Waals surface area contributed by atoms with Crippen LogP contribution in [0.4, 0.5) is 0 Å². The third-order valence-corrected chi connectivity index (χ3v) is 5.49. The molecule has 6 heteroatoms. The maximum Gasteiger partial charge on any atom is 0.132 e. The normalized spacial score (nSPS) is 19.4. The van der Waals surface area contributed by atoms with Crippen LogP contribution >= 0.6 is 11.3 Å². The molecule has 0 radical (unpaired) electrons. The quantitative estimate of drug-likeness (QED) is 0.870. The van der Waals surface area contributed by atoms with Crippen molar-refractivity contribution in [1.29, 1.82) is 0 Å². The van der Waals surface area contributed by atoms with E-state index < -0.39 is 0 Å². The number of hydrogen-bond donors (Lipinski definition) is 1. The first-order chi connectivity index (χ1) is 11.6. The zero-order valence-electron chi connectivity index (χ0n) is 14.4. The Hall–Kier alpha value is -1.63. The first kappa shape index (κ1) is 17.2. The van der Waals surface area contributed by atoms with E-state index in [1.165, 1.54) is 0 Å². The molecular weight excluding hydrogens is 324 g/mol. The summed E-state index contributed by atoms with van der Waals surface area (Å²) in [5, 5.41) is 12.8. The standard InChI is InChI=1S/C18H24N2O3S/c1-12(21)13-6-7-20(9-13)10-14-11-24-18(19-14)16-5-4-15(22-2)8-17(16)23-3/h4-5,8,11-13,21H,6-7,9-10H2,1-3H3. The zero-order chi connectivity index (χ0) is 17.1. The van der Waals surface area contributed by atoms with Gasteiger partial charge in [-0.2, -0.15) is 0 Å².